The third-order valence-electron chi connectivity index (χ3n) is 5.79. The standard InChI is InChI=1S/C21H22N6O2/c1-13-17(16(11-22)21(29-13)26-8-2-3-9-26)20(28)27-10-4-5-15(12-27)19-23-18(24-25-19)14-6-7-14/h2-3,8-9,14-15H,4-7,10,12H2,1H3,(H,23,24,25)/t15-/m0/s1. The van der Waals surface area contributed by atoms with Gasteiger partial charge in [0.25, 0.3) is 5.91 Å². The van der Waals surface area contributed by atoms with Crippen LogP contribution < -0.4 is 0 Å². The molecule has 4 heterocycles. The molecule has 0 aromatic carbocycles. The smallest absolute Gasteiger partial charge is 0.258 e. The molecule has 8 nitrogen and oxygen atoms in total. The van der Waals surface area contributed by atoms with Crippen LogP contribution in [0, 0.1) is 18.3 Å². The number of hydrogen-bond acceptors (Lipinski definition) is 5. The predicted octanol–water partition coefficient (Wildman–Crippen LogP) is 3.27. The molecule has 1 atom stereocenters. The fourth-order valence-corrected chi connectivity index (χ4v) is 4.08. The molecule has 3 aromatic heterocycles. The van der Waals surface area contributed by atoms with Crippen molar-refractivity contribution in [3.63, 3.8) is 0 Å². The Morgan fingerprint density at radius 1 is 1.28 bits per heavy atom. The van der Waals surface area contributed by atoms with Crippen molar-refractivity contribution in [1.82, 2.24) is 24.6 Å². The number of amides is 1. The van der Waals surface area contributed by atoms with Crippen LogP contribution in [0.2, 0.25) is 0 Å². The van der Waals surface area contributed by atoms with Crippen LogP contribution in [0.5, 0.6) is 0 Å². The van der Waals surface area contributed by atoms with Crippen molar-refractivity contribution in [2.75, 3.05) is 13.1 Å². The van der Waals surface area contributed by atoms with E-state index in [2.05, 4.69) is 21.3 Å². The number of aromatic nitrogens is 4. The van der Waals surface area contributed by atoms with Crippen molar-refractivity contribution in [3.05, 3.63) is 53.1 Å². The first kappa shape index (κ1) is 17.7. The van der Waals surface area contributed by atoms with Crippen LogP contribution in [0.3, 0.4) is 0 Å². The molecule has 0 unspecified atom stereocenters. The number of furan rings is 1. The van der Waals surface area contributed by atoms with Crippen molar-refractivity contribution in [1.29, 1.82) is 5.26 Å². The fourth-order valence-electron chi connectivity index (χ4n) is 4.08. The largest absolute Gasteiger partial charge is 0.443 e. The number of rotatable bonds is 4. The van der Waals surface area contributed by atoms with E-state index in [4.69, 9.17) is 4.42 Å². The molecule has 5 rings (SSSR count). The van der Waals surface area contributed by atoms with Crippen molar-refractivity contribution >= 4 is 5.91 Å². The van der Waals surface area contributed by atoms with E-state index in [9.17, 15) is 10.1 Å². The molecule has 0 bridgehead atoms. The first-order valence-corrected chi connectivity index (χ1v) is 10.0. The Kier molecular flexibility index (Phi) is 4.23. The van der Waals surface area contributed by atoms with Crippen LogP contribution in [0.4, 0.5) is 0 Å². The average Bonchev–Trinajstić information content (AvgIpc) is 3.14. The number of nitrogens with one attached hydrogen (secondary N) is 1. The van der Waals surface area contributed by atoms with Crippen molar-refractivity contribution in [3.8, 4) is 12.0 Å². The lowest BCUT2D eigenvalue weighted by Gasteiger charge is -2.31. The maximum Gasteiger partial charge on any atom is 0.258 e. The summed E-state index contributed by atoms with van der Waals surface area (Å²) in [6.45, 7) is 2.94. The number of nitriles is 1. The summed E-state index contributed by atoms with van der Waals surface area (Å²) in [6.07, 6.45) is 7.77. The van der Waals surface area contributed by atoms with Gasteiger partial charge in [0.15, 0.2) is 5.82 Å². The summed E-state index contributed by atoms with van der Waals surface area (Å²) in [5.74, 6) is 3.08. The second-order valence-corrected chi connectivity index (χ2v) is 7.86. The molecular formula is C21H22N6O2. The Bertz CT molecular complexity index is 1080. The van der Waals surface area contributed by atoms with E-state index in [1.807, 2.05) is 12.1 Å². The maximum atomic E-state index is 13.3. The van der Waals surface area contributed by atoms with E-state index in [-0.39, 0.29) is 17.4 Å². The highest BCUT2D eigenvalue weighted by atomic mass is 16.4. The molecule has 1 aliphatic heterocycles. The summed E-state index contributed by atoms with van der Waals surface area (Å²) in [6, 6.07) is 5.87. The van der Waals surface area contributed by atoms with Gasteiger partial charge in [0, 0.05) is 37.3 Å². The van der Waals surface area contributed by atoms with Gasteiger partial charge in [-0.25, -0.2) is 4.98 Å². The molecule has 1 N–H and O–H groups in total. The topological polar surface area (TPSA) is 104 Å². The van der Waals surface area contributed by atoms with Crippen LogP contribution >= 0.6 is 0 Å². The zero-order chi connectivity index (χ0) is 20.0. The molecule has 8 heteroatoms. The van der Waals surface area contributed by atoms with Gasteiger partial charge in [-0.05, 0) is 44.7 Å². The minimum absolute atomic E-state index is 0.109. The molecule has 3 aromatic rings. The first-order valence-electron chi connectivity index (χ1n) is 10.0. The molecule has 2 aliphatic rings. The van der Waals surface area contributed by atoms with Gasteiger partial charge in [-0.15, -0.1) is 0 Å². The summed E-state index contributed by atoms with van der Waals surface area (Å²) in [5, 5.41) is 17.2. The number of piperidine rings is 1. The van der Waals surface area contributed by atoms with Crippen molar-refractivity contribution < 1.29 is 9.21 Å². The summed E-state index contributed by atoms with van der Waals surface area (Å²) in [4.78, 5) is 19.8. The van der Waals surface area contributed by atoms with Crippen molar-refractivity contribution in [2.45, 2.75) is 44.4 Å². The zero-order valence-electron chi connectivity index (χ0n) is 16.3. The second-order valence-electron chi connectivity index (χ2n) is 7.86. The molecule has 0 radical (unpaired) electrons. The molecule has 0 spiro atoms. The third-order valence-corrected chi connectivity index (χ3v) is 5.79. The lowest BCUT2D eigenvalue weighted by Crippen LogP contribution is -2.39. The molecule has 2 fully saturated rings. The van der Waals surface area contributed by atoms with Gasteiger partial charge in [-0.2, -0.15) is 10.4 Å². The zero-order valence-corrected chi connectivity index (χ0v) is 16.3. The number of carbonyl (C=O) groups excluding carboxylic acids is 1. The lowest BCUT2D eigenvalue weighted by atomic mass is 9.96. The van der Waals surface area contributed by atoms with Crippen LogP contribution in [0.15, 0.2) is 28.9 Å². The Morgan fingerprint density at radius 2 is 2.07 bits per heavy atom. The van der Waals surface area contributed by atoms with Gasteiger partial charge in [-0.1, -0.05) is 0 Å². The van der Waals surface area contributed by atoms with Crippen LogP contribution in [-0.4, -0.2) is 43.6 Å². The number of nitrogens with zero attached hydrogens (tertiary/aromatic N) is 5. The Hall–Kier alpha value is -3.34. The number of likely N-dealkylation sites (tertiary alicyclic amines) is 1. The molecule has 148 valence electrons. The Balaban J connectivity index is 1.40. The second kappa shape index (κ2) is 6.92. The monoisotopic (exact) mass is 390 g/mol. The molecule has 1 aliphatic carbocycles. The van der Waals surface area contributed by atoms with Crippen LogP contribution in [0.25, 0.3) is 5.88 Å². The van der Waals surface area contributed by atoms with E-state index >= 15 is 0 Å². The average molecular weight is 390 g/mol. The molecular weight excluding hydrogens is 368 g/mol. The highest BCUT2D eigenvalue weighted by Gasteiger charge is 2.34. The molecule has 29 heavy (non-hydrogen) atoms. The van der Waals surface area contributed by atoms with E-state index in [1.165, 1.54) is 12.8 Å². The van der Waals surface area contributed by atoms with Crippen molar-refractivity contribution in [2.24, 2.45) is 0 Å². The molecule has 1 saturated heterocycles. The molecule has 1 saturated carbocycles. The first-order chi connectivity index (χ1) is 14.2. The van der Waals surface area contributed by atoms with Gasteiger partial charge in [-0.3, -0.25) is 14.5 Å². The molecule has 1 amide bonds. The SMILES string of the molecule is Cc1oc(-n2cccc2)c(C#N)c1C(=O)N1CCC[C@H](c2n[nH]c(C3CC3)n2)C1. The lowest BCUT2D eigenvalue weighted by molar-refractivity contribution is 0.0702. The summed E-state index contributed by atoms with van der Waals surface area (Å²) in [5.41, 5.74) is 0.630. The van der Waals surface area contributed by atoms with E-state index in [1.54, 1.807) is 28.8 Å². The Morgan fingerprint density at radius 3 is 2.79 bits per heavy atom. The quantitative estimate of drug-likeness (QED) is 0.736. The number of aromatic amines is 1. The maximum absolute atomic E-state index is 13.3. The van der Waals surface area contributed by atoms with Gasteiger partial charge in [0.05, 0.1) is 0 Å². The number of aryl methyl sites for hydroxylation is 1. The normalized spacial score (nSPS) is 19.3. The van der Waals surface area contributed by atoms with E-state index < -0.39 is 0 Å². The van der Waals surface area contributed by atoms with E-state index in [0.29, 0.717) is 36.2 Å². The third kappa shape index (κ3) is 3.12. The minimum Gasteiger partial charge on any atom is -0.443 e. The summed E-state index contributed by atoms with van der Waals surface area (Å²) >= 11 is 0. The fraction of sp³-hybridized carbons (Fsp3) is 0.429. The number of carbonyl (C=O) groups is 1. The number of hydrogen-bond donors (Lipinski definition) is 1. The van der Waals surface area contributed by atoms with Crippen LogP contribution in [-0.2, 0) is 0 Å². The van der Waals surface area contributed by atoms with E-state index in [0.717, 1.165) is 24.5 Å². The summed E-state index contributed by atoms with van der Waals surface area (Å²) in [7, 11) is 0. The highest BCUT2D eigenvalue weighted by Crippen LogP contribution is 2.38. The number of H-pyrrole nitrogens is 1. The summed E-state index contributed by atoms with van der Waals surface area (Å²) < 4.78 is 7.52. The van der Waals surface area contributed by atoms with Gasteiger partial charge in [0.2, 0.25) is 5.88 Å². The van der Waals surface area contributed by atoms with Crippen LogP contribution in [0.1, 0.15) is 70.8 Å². The van der Waals surface area contributed by atoms with Gasteiger partial charge in [0.1, 0.15) is 28.8 Å². The predicted molar refractivity (Wildman–Crippen MR) is 104 cm³/mol. The minimum atomic E-state index is -0.163. The van der Waals surface area contributed by atoms with Gasteiger partial charge >= 0.3 is 0 Å². The Labute approximate surface area is 168 Å². The highest BCUT2D eigenvalue weighted by molar-refractivity contribution is 5.98. The van der Waals surface area contributed by atoms with Gasteiger partial charge < -0.3 is 9.32 Å².